The minimum absolute atomic E-state index is 0.885. The molecule has 0 spiro atoms. The van der Waals surface area contributed by atoms with Crippen LogP contribution in [0.15, 0.2) is 158 Å². The molecule has 0 radical (unpaired) electrons. The molecule has 9 aromatic rings. The summed E-state index contributed by atoms with van der Waals surface area (Å²) in [5.74, 6) is 7.24. The molecule has 0 saturated heterocycles. The first-order valence-corrected chi connectivity index (χ1v) is 15.4. The van der Waals surface area contributed by atoms with Crippen molar-refractivity contribution in [1.82, 2.24) is 19.1 Å². The van der Waals surface area contributed by atoms with Crippen molar-refractivity contribution in [2.45, 2.75) is 0 Å². The topological polar surface area (TPSA) is 35.6 Å². The second kappa shape index (κ2) is 10.6. The van der Waals surface area contributed by atoms with E-state index in [1.54, 1.807) is 0 Å². The number of benzene rings is 5. The summed E-state index contributed by atoms with van der Waals surface area (Å²) in [5, 5.41) is 4.31. The van der Waals surface area contributed by atoms with Crippen LogP contribution in [0.1, 0.15) is 11.1 Å². The lowest BCUT2D eigenvalue weighted by atomic mass is 9.91. The molecular weight excluding hydrogens is 560 g/mol. The van der Waals surface area contributed by atoms with E-state index in [0.29, 0.717) is 0 Å². The van der Waals surface area contributed by atoms with E-state index in [1.165, 1.54) is 0 Å². The van der Waals surface area contributed by atoms with Crippen LogP contribution >= 0.6 is 0 Å². The summed E-state index contributed by atoms with van der Waals surface area (Å²) in [7, 11) is 0. The van der Waals surface area contributed by atoms with Crippen molar-refractivity contribution < 1.29 is 0 Å². The van der Waals surface area contributed by atoms with Gasteiger partial charge in [-0.05, 0) is 66.2 Å². The van der Waals surface area contributed by atoms with E-state index in [9.17, 15) is 0 Å². The van der Waals surface area contributed by atoms with Crippen LogP contribution in [0.4, 0.5) is 0 Å². The fraction of sp³-hybridized carbons (Fsp3) is 0. The number of fused-ring (bicyclic) bond motifs is 7. The molecule has 0 N–H and O–H groups in total. The maximum absolute atomic E-state index is 5.02. The average molecular weight is 587 g/mol. The molecule has 0 bridgehead atoms. The largest absolute Gasteiger partial charge is 0.292 e. The second-order valence-corrected chi connectivity index (χ2v) is 11.3. The molecule has 4 nitrogen and oxygen atoms in total. The van der Waals surface area contributed by atoms with E-state index >= 15 is 0 Å². The molecule has 9 rings (SSSR count). The Labute approximate surface area is 265 Å². The van der Waals surface area contributed by atoms with Crippen LogP contribution in [0, 0.1) is 11.8 Å². The minimum Gasteiger partial charge on any atom is -0.292 e. The molecular formula is C42H26N4. The number of aromatic nitrogens is 4. The molecule has 0 fully saturated rings. The van der Waals surface area contributed by atoms with Crippen LogP contribution in [0.2, 0.25) is 0 Å². The minimum atomic E-state index is 0.885. The van der Waals surface area contributed by atoms with Gasteiger partial charge in [0.05, 0.1) is 11.0 Å². The number of nitrogens with zero attached hydrogens (tertiary/aromatic N) is 4. The molecule has 5 aromatic carbocycles. The van der Waals surface area contributed by atoms with Crippen LogP contribution < -0.4 is 0 Å². The zero-order valence-corrected chi connectivity index (χ0v) is 24.8. The Balaban J connectivity index is 1.63. The van der Waals surface area contributed by atoms with Crippen LogP contribution in [-0.4, -0.2) is 19.1 Å². The van der Waals surface area contributed by atoms with Crippen molar-refractivity contribution >= 4 is 43.9 Å². The Morgan fingerprint density at radius 2 is 0.913 bits per heavy atom. The van der Waals surface area contributed by atoms with E-state index in [4.69, 9.17) is 9.97 Å². The van der Waals surface area contributed by atoms with Crippen LogP contribution in [0.5, 0.6) is 0 Å². The predicted octanol–water partition coefficient (Wildman–Crippen LogP) is 9.74. The Kier molecular flexibility index (Phi) is 6.01. The Bertz CT molecular complexity index is 2610. The molecule has 0 amide bonds. The van der Waals surface area contributed by atoms with Crippen molar-refractivity contribution in [3.8, 4) is 34.3 Å². The monoisotopic (exact) mass is 586 g/mol. The van der Waals surface area contributed by atoms with Crippen molar-refractivity contribution in [3.63, 3.8) is 0 Å². The highest BCUT2D eigenvalue weighted by atomic mass is 15.1. The summed E-state index contributed by atoms with van der Waals surface area (Å²) < 4.78 is 4.61. The Morgan fingerprint density at radius 1 is 0.435 bits per heavy atom. The lowest BCUT2D eigenvalue weighted by Gasteiger charge is -2.15. The van der Waals surface area contributed by atoms with Gasteiger partial charge in [-0.2, -0.15) is 0 Å². The summed E-state index contributed by atoms with van der Waals surface area (Å²) in [6, 6.07) is 50.3. The van der Waals surface area contributed by atoms with E-state index in [-0.39, 0.29) is 0 Å². The van der Waals surface area contributed by atoms with Gasteiger partial charge in [-0.3, -0.25) is 9.13 Å². The standard InChI is InChI=1S/C42H26N4/c1-5-15-29(16-6-1)25-26-33-36(30-17-7-2-8-18-30)38-35-24-14-28-44-42(35)46(32-21-11-4-12-22-32)40(38)39-37(33)34-23-13-27-43-41(34)45(39)31-19-9-3-10-20-31/h1-24,27-28H. The molecule has 46 heavy (non-hydrogen) atoms. The second-order valence-electron chi connectivity index (χ2n) is 11.3. The van der Waals surface area contributed by atoms with Crippen LogP contribution in [-0.2, 0) is 0 Å². The number of pyridine rings is 2. The lowest BCUT2D eigenvalue weighted by molar-refractivity contribution is 1.11. The maximum atomic E-state index is 5.02. The van der Waals surface area contributed by atoms with Gasteiger partial charge in [0.15, 0.2) is 0 Å². The molecule has 0 aliphatic rings. The van der Waals surface area contributed by atoms with Crippen LogP contribution in [0.25, 0.3) is 66.4 Å². The van der Waals surface area contributed by atoms with E-state index < -0.39 is 0 Å². The van der Waals surface area contributed by atoms with E-state index in [0.717, 1.165) is 77.5 Å². The van der Waals surface area contributed by atoms with Gasteiger partial charge in [0.2, 0.25) is 0 Å². The predicted molar refractivity (Wildman–Crippen MR) is 189 cm³/mol. The number of hydrogen-bond acceptors (Lipinski definition) is 2. The van der Waals surface area contributed by atoms with Crippen molar-refractivity contribution in [1.29, 1.82) is 0 Å². The Morgan fingerprint density at radius 3 is 1.48 bits per heavy atom. The van der Waals surface area contributed by atoms with Crippen LogP contribution in [0.3, 0.4) is 0 Å². The third-order valence-corrected chi connectivity index (χ3v) is 8.63. The van der Waals surface area contributed by atoms with Gasteiger partial charge in [0, 0.05) is 62.0 Å². The van der Waals surface area contributed by atoms with Gasteiger partial charge < -0.3 is 0 Å². The smallest absolute Gasteiger partial charge is 0.145 e. The quantitative estimate of drug-likeness (QED) is 0.193. The molecule has 4 heterocycles. The van der Waals surface area contributed by atoms with E-state index in [1.807, 2.05) is 42.7 Å². The van der Waals surface area contributed by atoms with Gasteiger partial charge in [0.25, 0.3) is 0 Å². The molecule has 0 aliphatic heterocycles. The van der Waals surface area contributed by atoms with Gasteiger partial charge in [0.1, 0.15) is 11.3 Å². The van der Waals surface area contributed by atoms with Gasteiger partial charge in [-0.15, -0.1) is 0 Å². The van der Waals surface area contributed by atoms with Gasteiger partial charge in [-0.25, -0.2) is 9.97 Å². The first kappa shape index (κ1) is 26.0. The Hall–Kier alpha value is -6.44. The van der Waals surface area contributed by atoms with Crippen molar-refractivity contribution in [2.75, 3.05) is 0 Å². The van der Waals surface area contributed by atoms with Crippen molar-refractivity contribution in [3.05, 3.63) is 169 Å². The summed E-state index contributed by atoms with van der Waals surface area (Å²) in [5.41, 5.74) is 10.1. The SMILES string of the molecule is C(#Cc1c(-c2ccccc2)c2c3cccnc3n(-c3ccccc3)c2c2c1c1cccnc1n2-c1ccccc1)c1ccccc1. The van der Waals surface area contributed by atoms with E-state index in [2.05, 4.69) is 136 Å². The summed E-state index contributed by atoms with van der Waals surface area (Å²) in [6.45, 7) is 0. The third-order valence-electron chi connectivity index (χ3n) is 8.63. The molecule has 4 aromatic heterocycles. The number of para-hydroxylation sites is 2. The first-order valence-electron chi connectivity index (χ1n) is 15.4. The normalized spacial score (nSPS) is 11.3. The molecule has 4 heteroatoms. The summed E-state index contributed by atoms with van der Waals surface area (Å²) in [4.78, 5) is 10.0. The third kappa shape index (κ3) is 3.96. The summed E-state index contributed by atoms with van der Waals surface area (Å²) >= 11 is 0. The zero-order chi connectivity index (χ0) is 30.5. The first-order chi connectivity index (χ1) is 22.9. The number of rotatable bonds is 3. The molecule has 0 atom stereocenters. The van der Waals surface area contributed by atoms with Gasteiger partial charge >= 0.3 is 0 Å². The molecule has 214 valence electrons. The fourth-order valence-electron chi connectivity index (χ4n) is 6.77. The average Bonchev–Trinajstić information content (AvgIpc) is 3.66. The highest BCUT2D eigenvalue weighted by Gasteiger charge is 2.28. The highest BCUT2D eigenvalue weighted by molar-refractivity contribution is 6.29. The molecule has 0 saturated carbocycles. The summed E-state index contributed by atoms with van der Waals surface area (Å²) in [6.07, 6.45) is 3.75. The lowest BCUT2D eigenvalue weighted by Crippen LogP contribution is -2.01. The van der Waals surface area contributed by atoms with Crippen molar-refractivity contribution in [2.24, 2.45) is 0 Å². The highest BCUT2D eigenvalue weighted by Crippen LogP contribution is 2.47. The molecule has 0 aliphatic carbocycles. The zero-order valence-electron chi connectivity index (χ0n) is 24.8. The molecule has 0 unspecified atom stereocenters. The fourth-order valence-corrected chi connectivity index (χ4v) is 6.77. The maximum Gasteiger partial charge on any atom is 0.145 e. The van der Waals surface area contributed by atoms with Gasteiger partial charge in [-0.1, -0.05) is 96.8 Å². The number of hydrogen-bond donors (Lipinski definition) is 0.